The molecule has 0 aliphatic heterocycles. The van der Waals surface area contributed by atoms with Crippen LogP contribution in [-0.4, -0.2) is 20.2 Å². The van der Waals surface area contributed by atoms with Crippen LogP contribution in [0.5, 0.6) is 0 Å². The molecule has 0 fully saturated rings. The number of carbonyl (C=O) groups excluding carboxylic acids is 1. The van der Waals surface area contributed by atoms with E-state index in [4.69, 9.17) is 0 Å². The quantitative estimate of drug-likeness (QED) is 0.598. The molecule has 0 atom stereocenters. The normalized spacial score (nSPS) is 15.7. The molecule has 4 nitrogen and oxygen atoms in total. The number of Topliss-reactive ketones (excluding diaryl/α,β-unsaturated/α-hetero) is 1. The second-order valence-electron chi connectivity index (χ2n) is 7.02. The van der Waals surface area contributed by atoms with Gasteiger partial charge in [-0.3, -0.25) is 9.78 Å². The molecule has 3 heterocycles. The fraction of sp³-hybridized carbons (Fsp3) is 0.250. The summed E-state index contributed by atoms with van der Waals surface area (Å²) < 4.78 is 1.93. The van der Waals surface area contributed by atoms with Gasteiger partial charge in [0.1, 0.15) is 5.65 Å². The van der Waals surface area contributed by atoms with Crippen molar-refractivity contribution in [2.45, 2.75) is 26.7 Å². The highest BCUT2D eigenvalue weighted by atomic mass is 16.1. The Labute approximate surface area is 140 Å². The largest absolute Gasteiger partial charge is 0.306 e. The van der Waals surface area contributed by atoms with E-state index in [1.807, 2.05) is 35.0 Å². The number of pyridine rings is 2. The number of hydrogen-bond donors (Lipinski definition) is 0. The van der Waals surface area contributed by atoms with Crippen LogP contribution >= 0.6 is 0 Å². The zero-order chi connectivity index (χ0) is 16.7. The Morgan fingerprint density at radius 2 is 1.96 bits per heavy atom. The van der Waals surface area contributed by atoms with E-state index in [1.54, 1.807) is 12.4 Å². The lowest BCUT2D eigenvalue weighted by molar-refractivity contribution is 0.0910. The Balaban J connectivity index is 1.67. The summed E-state index contributed by atoms with van der Waals surface area (Å²) >= 11 is 0. The lowest BCUT2D eigenvalue weighted by atomic mass is 9.75. The van der Waals surface area contributed by atoms with Crippen molar-refractivity contribution in [3.05, 3.63) is 65.4 Å². The van der Waals surface area contributed by atoms with Crippen LogP contribution in [0.2, 0.25) is 0 Å². The standard InChI is InChI=1S/C20H17N3O/c1-20(2)10-17-16(18(24)11-20)9-15(12-22-17)4-3-14-5-6-19-21-7-8-23(19)13-14/h5-9,12-13H,10-11H2,1-2H3. The maximum atomic E-state index is 12.3. The van der Waals surface area contributed by atoms with Crippen molar-refractivity contribution >= 4 is 11.4 Å². The van der Waals surface area contributed by atoms with Crippen molar-refractivity contribution in [1.29, 1.82) is 0 Å². The number of nitrogens with zero attached hydrogens (tertiary/aromatic N) is 3. The van der Waals surface area contributed by atoms with Gasteiger partial charge in [0.15, 0.2) is 5.78 Å². The third kappa shape index (κ3) is 2.69. The first kappa shape index (κ1) is 14.6. The van der Waals surface area contributed by atoms with E-state index in [1.165, 1.54) is 0 Å². The van der Waals surface area contributed by atoms with Crippen molar-refractivity contribution in [3.63, 3.8) is 0 Å². The van der Waals surface area contributed by atoms with Crippen molar-refractivity contribution in [3.8, 4) is 11.8 Å². The van der Waals surface area contributed by atoms with Crippen molar-refractivity contribution < 1.29 is 4.79 Å². The van der Waals surface area contributed by atoms with Gasteiger partial charge >= 0.3 is 0 Å². The highest BCUT2D eigenvalue weighted by Crippen LogP contribution is 2.33. The average Bonchev–Trinajstić information content (AvgIpc) is 3.00. The Morgan fingerprint density at radius 1 is 1.12 bits per heavy atom. The molecular weight excluding hydrogens is 298 g/mol. The molecule has 4 heteroatoms. The van der Waals surface area contributed by atoms with Crippen molar-refractivity contribution in [2.24, 2.45) is 5.41 Å². The Hall–Kier alpha value is -2.93. The summed E-state index contributed by atoms with van der Waals surface area (Å²) in [6.07, 6.45) is 8.74. The summed E-state index contributed by atoms with van der Waals surface area (Å²) in [6, 6.07) is 5.75. The number of carbonyl (C=O) groups is 1. The van der Waals surface area contributed by atoms with Gasteiger partial charge in [-0.2, -0.15) is 0 Å². The Kier molecular flexibility index (Phi) is 3.24. The van der Waals surface area contributed by atoms with Crippen LogP contribution in [0.1, 0.15) is 47.4 Å². The van der Waals surface area contributed by atoms with E-state index < -0.39 is 0 Å². The summed E-state index contributed by atoms with van der Waals surface area (Å²) in [6.45, 7) is 4.21. The third-order valence-corrected chi connectivity index (χ3v) is 4.30. The minimum Gasteiger partial charge on any atom is -0.306 e. The highest BCUT2D eigenvalue weighted by molar-refractivity contribution is 5.98. The minimum absolute atomic E-state index is 0.00944. The second kappa shape index (κ2) is 5.31. The highest BCUT2D eigenvalue weighted by Gasteiger charge is 2.31. The van der Waals surface area contributed by atoms with Gasteiger partial charge in [-0.25, -0.2) is 4.98 Å². The van der Waals surface area contributed by atoms with Crippen molar-refractivity contribution in [1.82, 2.24) is 14.4 Å². The van der Waals surface area contributed by atoms with Crippen LogP contribution in [-0.2, 0) is 6.42 Å². The van der Waals surface area contributed by atoms with Gasteiger partial charge in [-0.1, -0.05) is 25.7 Å². The minimum atomic E-state index is -0.00944. The van der Waals surface area contributed by atoms with E-state index in [0.29, 0.717) is 6.42 Å². The molecule has 0 radical (unpaired) electrons. The molecule has 0 unspecified atom stereocenters. The van der Waals surface area contributed by atoms with Crippen LogP contribution < -0.4 is 0 Å². The maximum Gasteiger partial charge on any atom is 0.165 e. The van der Waals surface area contributed by atoms with Crippen LogP contribution in [0.25, 0.3) is 5.65 Å². The molecule has 118 valence electrons. The van der Waals surface area contributed by atoms with Gasteiger partial charge in [0.25, 0.3) is 0 Å². The van der Waals surface area contributed by atoms with E-state index >= 15 is 0 Å². The second-order valence-corrected chi connectivity index (χ2v) is 7.02. The number of imidazole rings is 1. The maximum absolute atomic E-state index is 12.3. The topological polar surface area (TPSA) is 47.3 Å². The Morgan fingerprint density at radius 3 is 2.83 bits per heavy atom. The van der Waals surface area contributed by atoms with Crippen LogP contribution in [0, 0.1) is 17.3 Å². The van der Waals surface area contributed by atoms with E-state index in [0.717, 1.165) is 34.5 Å². The van der Waals surface area contributed by atoms with E-state index in [-0.39, 0.29) is 11.2 Å². The van der Waals surface area contributed by atoms with Gasteiger partial charge in [0.2, 0.25) is 0 Å². The number of aromatic nitrogens is 3. The molecular formula is C20H17N3O. The zero-order valence-electron chi connectivity index (χ0n) is 13.7. The predicted octanol–water partition coefficient (Wildman–Crippen LogP) is 3.28. The SMILES string of the molecule is CC1(C)CC(=O)c2cc(C#Cc3ccc4nccn4c3)cnc2C1. The van der Waals surface area contributed by atoms with Crippen molar-refractivity contribution in [2.75, 3.05) is 0 Å². The summed E-state index contributed by atoms with van der Waals surface area (Å²) in [7, 11) is 0. The lowest BCUT2D eigenvalue weighted by Gasteiger charge is -2.29. The molecule has 1 aliphatic carbocycles. The molecule has 24 heavy (non-hydrogen) atoms. The molecule has 3 aromatic heterocycles. The monoisotopic (exact) mass is 315 g/mol. The number of ketones is 1. The Bertz CT molecular complexity index is 1020. The fourth-order valence-corrected chi connectivity index (χ4v) is 3.13. The first-order chi connectivity index (χ1) is 11.5. The summed E-state index contributed by atoms with van der Waals surface area (Å²) in [5, 5.41) is 0. The molecule has 0 spiro atoms. The summed E-state index contributed by atoms with van der Waals surface area (Å²) in [4.78, 5) is 21.0. The molecule has 4 rings (SSSR count). The van der Waals surface area contributed by atoms with E-state index in [9.17, 15) is 4.79 Å². The summed E-state index contributed by atoms with van der Waals surface area (Å²) in [5.74, 6) is 6.41. The van der Waals surface area contributed by atoms with Crippen LogP contribution in [0.4, 0.5) is 0 Å². The molecule has 1 aliphatic rings. The summed E-state index contributed by atoms with van der Waals surface area (Å²) in [5.41, 5.74) is 4.17. The van der Waals surface area contributed by atoms with Crippen LogP contribution in [0.3, 0.4) is 0 Å². The third-order valence-electron chi connectivity index (χ3n) is 4.30. The van der Waals surface area contributed by atoms with Gasteiger partial charge < -0.3 is 4.40 Å². The fourth-order valence-electron chi connectivity index (χ4n) is 3.13. The molecule has 0 saturated heterocycles. The lowest BCUT2D eigenvalue weighted by Crippen LogP contribution is -2.27. The molecule has 0 bridgehead atoms. The van der Waals surface area contributed by atoms with Gasteiger partial charge in [-0.15, -0.1) is 0 Å². The molecule has 0 amide bonds. The van der Waals surface area contributed by atoms with Gasteiger partial charge in [-0.05, 0) is 30.0 Å². The predicted molar refractivity (Wildman–Crippen MR) is 91.8 cm³/mol. The first-order valence-electron chi connectivity index (χ1n) is 7.97. The van der Waals surface area contributed by atoms with Crippen LogP contribution in [0.15, 0.2) is 43.0 Å². The molecule has 3 aromatic rings. The number of rotatable bonds is 0. The zero-order valence-corrected chi connectivity index (χ0v) is 13.7. The van der Waals surface area contributed by atoms with Gasteiger partial charge in [0.05, 0.1) is 5.69 Å². The van der Waals surface area contributed by atoms with Gasteiger partial charge in [0, 0.05) is 47.9 Å². The number of fused-ring (bicyclic) bond motifs is 2. The van der Waals surface area contributed by atoms with E-state index in [2.05, 4.69) is 35.7 Å². The molecule has 0 aromatic carbocycles. The first-order valence-corrected chi connectivity index (χ1v) is 7.97. The molecule has 0 N–H and O–H groups in total. The number of hydrogen-bond acceptors (Lipinski definition) is 3. The average molecular weight is 315 g/mol. The smallest absolute Gasteiger partial charge is 0.165 e. The molecule has 0 saturated carbocycles.